The molecule has 2 aromatic heterocycles. The van der Waals surface area contributed by atoms with E-state index in [-0.39, 0.29) is 11.8 Å². The van der Waals surface area contributed by atoms with Gasteiger partial charge >= 0.3 is 0 Å². The first-order valence-electron chi connectivity index (χ1n) is 7.94. The molecule has 3 rings (SSSR count). The highest BCUT2D eigenvalue weighted by atomic mass is 32.1. The molecule has 6 nitrogen and oxygen atoms in total. The van der Waals surface area contributed by atoms with E-state index in [1.54, 1.807) is 12.4 Å². The van der Waals surface area contributed by atoms with E-state index in [1.807, 2.05) is 30.3 Å². The van der Waals surface area contributed by atoms with Gasteiger partial charge in [0, 0.05) is 38.0 Å². The predicted molar refractivity (Wildman–Crippen MR) is 98.0 cm³/mol. The van der Waals surface area contributed by atoms with Crippen LogP contribution in [0.5, 0.6) is 0 Å². The van der Waals surface area contributed by atoms with Gasteiger partial charge in [-0.25, -0.2) is 0 Å². The van der Waals surface area contributed by atoms with Crippen LogP contribution in [0.2, 0.25) is 0 Å². The van der Waals surface area contributed by atoms with Crippen molar-refractivity contribution in [3.63, 3.8) is 0 Å². The highest BCUT2D eigenvalue weighted by molar-refractivity contribution is 7.14. The van der Waals surface area contributed by atoms with Crippen molar-refractivity contribution in [1.82, 2.24) is 20.5 Å². The summed E-state index contributed by atoms with van der Waals surface area (Å²) < 4.78 is 0. The Labute approximate surface area is 150 Å². The quantitative estimate of drug-likeness (QED) is 0.709. The van der Waals surface area contributed by atoms with Crippen molar-refractivity contribution in [1.29, 1.82) is 0 Å². The standard InChI is InChI=1S/C18H19N5OS/c1-12(24)21-11-16(14-5-2-4-13(8-14)9-19)18-23-22-17(25-18)15-6-3-7-20-10-15/h2-8,10,16H,9,11,19H2,1H3,(H,21,24)/t16-/m0/s1. The number of nitrogens with two attached hydrogens (primary N) is 1. The lowest BCUT2D eigenvalue weighted by molar-refractivity contribution is -0.118. The average Bonchev–Trinajstić information content (AvgIpc) is 3.12. The minimum atomic E-state index is -0.0722. The highest BCUT2D eigenvalue weighted by Gasteiger charge is 2.20. The fourth-order valence-corrected chi connectivity index (χ4v) is 3.47. The number of nitrogens with one attached hydrogen (secondary N) is 1. The molecule has 0 aliphatic rings. The van der Waals surface area contributed by atoms with Gasteiger partial charge in [0.2, 0.25) is 5.91 Å². The number of hydrogen-bond acceptors (Lipinski definition) is 6. The molecular formula is C18H19N5OS. The van der Waals surface area contributed by atoms with Crippen molar-refractivity contribution in [2.45, 2.75) is 19.4 Å². The molecule has 0 unspecified atom stereocenters. The SMILES string of the molecule is CC(=O)NC[C@@H](c1cccc(CN)c1)c1nnc(-c2cccnc2)s1. The molecule has 2 heterocycles. The van der Waals surface area contributed by atoms with Crippen LogP contribution in [0.4, 0.5) is 0 Å². The number of pyridine rings is 1. The second-order valence-electron chi connectivity index (χ2n) is 5.63. The summed E-state index contributed by atoms with van der Waals surface area (Å²) in [5.74, 6) is -0.143. The Bertz CT molecular complexity index is 849. The first-order chi connectivity index (χ1) is 12.2. The van der Waals surface area contributed by atoms with E-state index in [2.05, 4.69) is 26.6 Å². The Morgan fingerprint density at radius 1 is 1.28 bits per heavy atom. The molecule has 0 bridgehead atoms. The Morgan fingerprint density at radius 2 is 2.16 bits per heavy atom. The minimum absolute atomic E-state index is 0.0710. The third kappa shape index (κ3) is 4.26. The van der Waals surface area contributed by atoms with Gasteiger partial charge in [-0.1, -0.05) is 35.6 Å². The molecular weight excluding hydrogens is 334 g/mol. The highest BCUT2D eigenvalue weighted by Crippen LogP contribution is 2.31. The van der Waals surface area contributed by atoms with Crippen molar-refractivity contribution in [2.75, 3.05) is 6.54 Å². The lowest BCUT2D eigenvalue weighted by Gasteiger charge is -2.15. The smallest absolute Gasteiger partial charge is 0.216 e. The predicted octanol–water partition coefficient (Wildman–Crippen LogP) is 2.33. The zero-order chi connectivity index (χ0) is 17.6. The number of benzene rings is 1. The molecule has 0 saturated carbocycles. The van der Waals surface area contributed by atoms with Gasteiger partial charge < -0.3 is 11.1 Å². The molecule has 0 aliphatic carbocycles. The van der Waals surface area contributed by atoms with Crippen LogP contribution in [-0.2, 0) is 11.3 Å². The number of aromatic nitrogens is 3. The minimum Gasteiger partial charge on any atom is -0.355 e. The van der Waals surface area contributed by atoms with Crippen LogP contribution in [0.3, 0.4) is 0 Å². The summed E-state index contributed by atoms with van der Waals surface area (Å²) in [6.45, 7) is 2.44. The van der Waals surface area contributed by atoms with Gasteiger partial charge in [0.05, 0.1) is 5.92 Å². The summed E-state index contributed by atoms with van der Waals surface area (Å²) in [6, 6.07) is 11.9. The van der Waals surface area contributed by atoms with Crippen LogP contribution < -0.4 is 11.1 Å². The maximum Gasteiger partial charge on any atom is 0.216 e. The van der Waals surface area contributed by atoms with E-state index in [1.165, 1.54) is 18.3 Å². The second kappa shape index (κ2) is 7.96. The van der Waals surface area contributed by atoms with Gasteiger partial charge in [0.25, 0.3) is 0 Å². The second-order valence-corrected chi connectivity index (χ2v) is 6.64. The van der Waals surface area contributed by atoms with Crippen LogP contribution in [0.25, 0.3) is 10.6 Å². The molecule has 25 heavy (non-hydrogen) atoms. The Hall–Kier alpha value is -2.64. The number of amides is 1. The molecule has 3 aromatic rings. The average molecular weight is 353 g/mol. The van der Waals surface area contributed by atoms with Crippen LogP contribution in [-0.4, -0.2) is 27.6 Å². The molecule has 7 heteroatoms. The number of hydrogen-bond donors (Lipinski definition) is 2. The van der Waals surface area contributed by atoms with Gasteiger partial charge in [0.1, 0.15) is 10.0 Å². The van der Waals surface area contributed by atoms with Crippen molar-refractivity contribution in [3.8, 4) is 10.6 Å². The molecule has 128 valence electrons. The summed E-state index contributed by atoms with van der Waals surface area (Å²) in [5.41, 5.74) is 8.79. The molecule has 0 saturated heterocycles. The Balaban J connectivity index is 1.94. The number of nitrogens with zero attached hydrogens (tertiary/aromatic N) is 3. The van der Waals surface area contributed by atoms with E-state index >= 15 is 0 Å². The zero-order valence-electron chi connectivity index (χ0n) is 13.8. The third-order valence-corrected chi connectivity index (χ3v) is 4.88. The molecule has 1 aromatic carbocycles. The normalized spacial score (nSPS) is 11.9. The largest absolute Gasteiger partial charge is 0.355 e. The molecule has 0 fully saturated rings. The molecule has 0 radical (unpaired) electrons. The van der Waals surface area contributed by atoms with E-state index in [9.17, 15) is 4.79 Å². The first kappa shape index (κ1) is 17.2. The monoisotopic (exact) mass is 353 g/mol. The van der Waals surface area contributed by atoms with Gasteiger partial charge in [-0.05, 0) is 23.3 Å². The summed E-state index contributed by atoms with van der Waals surface area (Å²) in [5, 5.41) is 13.2. The van der Waals surface area contributed by atoms with Gasteiger partial charge in [-0.3, -0.25) is 9.78 Å². The maximum atomic E-state index is 11.4. The number of carbonyl (C=O) groups excluding carboxylic acids is 1. The van der Waals surface area contributed by atoms with Crippen molar-refractivity contribution in [3.05, 3.63) is 64.9 Å². The van der Waals surface area contributed by atoms with Gasteiger partial charge in [-0.15, -0.1) is 10.2 Å². The van der Waals surface area contributed by atoms with Gasteiger partial charge in [-0.2, -0.15) is 0 Å². The van der Waals surface area contributed by atoms with Gasteiger partial charge in [0.15, 0.2) is 0 Å². The van der Waals surface area contributed by atoms with E-state index < -0.39 is 0 Å². The Morgan fingerprint density at radius 3 is 2.88 bits per heavy atom. The molecule has 3 N–H and O–H groups in total. The van der Waals surface area contributed by atoms with Crippen molar-refractivity contribution in [2.24, 2.45) is 5.73 Å². The van der Waals surface area contributed by atoms with Crippen LogP contribution in [0.15, 0.2) is 48.8 Å². The van der Waals surface area contributed by atoms with Crippen LogP contribution >= 0.6 is 11.3 Å². The molecule has 1 amide bonds. The lowest BCUT2D eigenvalue weighted by Crippen LogP contribution is -2.26. The summed E-state index contributed by atoms with van der Waals surface area (Å²) in [4.78, 5) is 15.5. The molecule has 0 aliphatic heterocycles. The number of rotatable bonds is 6. The first-order valence-corrected chi connectivity index (χ1v) is 8.76. The summed E-state index contributed by atoms with van der Waals surface area (Å²) >= 11 is 1.51. The topological polar surface area (TPSA) is 93.8 Å². The summed E-state index contributed by atoms with van der Waals surface area (Å²) in [7, 11) is 0. The van der Waals surface area contributed by atoms with E-state index in [0.29, 0.717) is 13.1 Å². The van der Waals surface area contributed by atoms with Crippen molar-refractivity contribution < 1.29 is 4.79 Å². The summed E-state index contributed by atoms with van der Waals surface area (Å²) in [6.07, 6.45) is 3.49. The maximum absolute atomic E-state index is 11.4. The molecule has 1 atom stereocenters. The van der Waals surface area contributed by atoms with Crippen LogP contribution in [0.1, 0.15) is 29.0 Å². The fraction of sp³-hybridized carbons (Fsp3) is 0.222. The number of carbonyl (C=O) groups is 1. The van der Waals surface area contributed by atoms with Crippen LogP contribution in [0, 0.1) is 0 Å². The lowest BCUT2D eigenvalue weighted by atomic mass is 9.97. The van der Waals surface area contributed by atoms with E-state index in [4.69, 9.17) is 5.73 Å². The fourth-order valence-electron chi connectivity index (χ4n) is 2.51. The molecule has 0 spiro atoms. The third-order valence-electron chi connectivity index (χ3n) is 3.79. The zero-order valence-corrected chi connectivity index (χ0v) is 14.7. The van der Waals surface area contributed by atoms with Crippen molar-refractivity contribution >= 4 is 17.2 Å². The van der Waals surface area contributed by atoms with E-state index in [0.717, 1.165) is 26.7 Å². The Kier molecular flexibility index (Phi) is 5.47.